The zero-order chi connectivity index (χ0) is 12.0. The maximum Gasteiger partial charge on any atom is 0.250 e. The number of nitrogens with zero attached hydrogens (tertiary/aromatic N) is 1. The molecule has 0 bridgehead atoms. The van der Waals surface area contributed by atoms with Crippen molar-refractivity contribution in [3.05, 3.63) is 28.0 Å². The maximum atomic E-state index is 13.0. The topological polar surface area (TPSA) is 38.9 Å². The van der Waals surface area contributed by atoms with E-state index in [9.17, 15) is 8.78 Å². The van der Waals surface area contributed by atoms with E-state index in [1.54, 1.807) is 0 Å². The molecule has 1 aliphatic carbocycles. The minimum absolute atomic E-state index is 0.131. The number of pyridine rings is 1. The molecule has 0 atom stereocenters. The van der Waals surface area contributed by atoms with Gasteiger partial charge < -0.3 is 5.73 Å². The number of aromatic nitrogens is 1. The highest BCUT2D eigenvalue weighted by atomic mass is 35.5. The van der Waals surface area contributed by atoms with Gasteiger partial charge in [0.25, 0.3) is 0 Å². The Labute approximate surface area is 102 Å². The monoisotopic (exact) mass is 266 g/mol. The first-order valence-electron chi connectivity index (χ1n) is 4.78. The van der Waals surface area contributed by atoms with Gasteiger partial charge in [0.05, 0.1) is 0 Å². The van der Waals surface area contributed by atoms with Gasteiger partial charge in [-0.3, -0.25) is 0 Å². The molecular formula is C10H10Cl2F2N2. The van der Waals surface area contributed by atoms with E-state index in [1.807, 2.05) is 0 Å². The molecule has 1 aromatic heterocycles. The normalized spacial score (nSPS) is 21.6. The SMILES string of the molecule is NCC1(c2cnc(Cl)cc2Cl)CC(F)(F)C1. The third kappa shape index (κ3) is 1.90. The van der Waals surface area contributed by atoms with Crippen molar-refractivity contribution in [1.29, 1.82) is 0 Å². The van der Waals surface area contributed by atoms with Crippen LogP contribution in [0.15, 0.2) is 12.3 Å². The Morgan fingerprint density at radius 3 is 2.44 bits per heavy atom. The summed E-state index contributed by atoms with van der Waals surface area (Å²) in [4.78, 5) is 3.86. The Hall–Kier alpha value is -0.450. The van der Waals surface area contributed by atoms with Crippen molar-refractivity contribution >= 4 is 23.2 Å². The lowest BCUT2D eigenvalue weighted by Crippen LogP contribution is -2.53. The third-order valence-corrected chi connectivity index (χ3v) is 3.50. The molecule has 1 aromatic rings. The molecule has 1 aliphatic rings. The Morgan fingerprint density at radius 1 is 1.38 bits per heavy atom. The fourth-order valence-electron chi connectivity index (χ4n) is 2.18. The fraction of sp³-hybridized carbons (Fsp3) is 0.500. The summed E-state index contributed by atoms with van der Waals surface area (Å²) in [7, 11) is 0. The molecule has 0 unspecified atom stereocenters. The van der Waals surface area contributed by atoms with E-state index in [0.29, 0.717) is 10.6 Å². The molecule has 0 radical (unpaired) electrons. The van der Waals surface area contributed by atoms with Gasteiger partial charge >= 0.3 is 0 Å². The van der Waals surface area contributed by atoms with Gasteiger partial charge in [0.15, 0.2) is 0 Å². The van der Waals surface area contributed by atoms with Crippen LogP contribution in [-0.2, 0) is 5.41 Å². The first-order valence-corrected chi connectivity index (χ1v) is 5.54. The Bertz CT molecular complexity index is 415. The first kappa shape index (κ1) is 12.0. The largest absolute Gasteiger partial charge is 0.330 e. The highest BCUT2D eigenvalue weighted by Gasteiger charge is 2.57. The van der Waals surface area contributed by atoms with Crippen LogP contribution in [0.2, 0.25) is 10.2 Å². The van der Waals surface area contributed by atoms with Crippen LogP contribution in [-0.4, -0.2) is 17.5 Å². The van der Waals surface area contributed by atoms with Crippen LogP contribution in [0, 0.1) is 0 Å². The molecule has 2 nitrogen and oxygen atoms in total. The van der Waals surface area contributed by atoms with Gasteiger partial charge in [0.2, 0.25) is 5.92 Å². The number of hydrogen-bond donors (Lipinski definition) is 1. The van der Waals surface area contributed by atoms with E-state index < -0.39 is 11.3 Å². The summed E-state index contributed by atoms with van der Waals surface area (Å²) in [5, 5.41) is 0.591. The molecular weight excluding hydrogens is 257 g/mol. The van der Waals surface area contributed by atoms with Crippen LogP contribution < -0.4 is 5.73 Å². The summed E-state index contributed by atoms with van der Waals surface area (Å²) in [6, 6.07) is 1.45. The van der Waals surface area contributed by atoms with Crippen LogP contribution in [0.25, 0.3) is 0 Å². The molecule has 0 aromatic carbocycles. The van der Waals surface area contributed by atoms with Crippen molar-refractivity contribution in [2.45, 2.75) is 24.2 Å². The van der Waals surface area contributed by atoms with E-state index >= 15 is 0 Å². The average molecular weight is 267 g/mol. The number of nitrogens with two attached hydrogens (primary N) is 1. The van der Waals surface area contributed by atoms with Crippen LogP contribution in [0.4, 0.5) is 8.78 Å². The number of alkyl halides is 2. The van der Waals surface area contributed by atoms with Crippen molar-refractivity contribution in [3.8, 4) is 0 Å². The van der Waals surface area contributed by atoms with Gasteiger partial charge in [0.1, 0.15) is 5.15 Å². The summed E-state index contributed by atoms with van der Waals surface area (Å²) in [5.41, 5.74) is 5.39. The predicted octanol–water partition coefficient (Wildman–Crippen LogP) is 3.01. The Morgan fingerprint density at radius 2 is 2.00 bits per heavy atom. The van der Waals surface area contributed by atoms with Crippen LogP contribution in [0.1, 0.15) is 18.4 Å². The maximum absolute atomic E-state index is 13.0. The van der Waals surface area contributed by atoms with E-state index in [2.05, 4.69) is 4.98 Å². The van der Waals surface area contributed by atoms with Gasteiger partial charge in [-0.25, -0.2) is 13.8 Å². The second-order valence-electron chi connectivity index (χ2n) is 4.18. The number of halogens is 4. The summed E-state index contributed by atoms with van der Waals surface area (Å²) < 4.78 is 25.9. The smallest absolute Gasteiger partial charge is 0.250 e. The lowest BCUT2D eigenvalue weighted by atomic mass is 9.62. The molecule has 0 saturated heterocycles. The van der Waals surface area contributed by atoms with Crippen LogP contribution in [0.5, 0.6) is 0 Å². The zero-order valence-corrected chi connectivity index (χ0v) is 9.82. The predicted molar refractivity (Wildman–Crippen MR) is 59.2 cm³/mol. The second-order valence-corrected chi connectivity index (χ2v) is 4.98. The third-order valence-electron chi connectivity index (χ3n) is 2.98. The lowest BCUT2D eigenvalue weighted by molar-refractivity contribution is -0.123. The highest BCUT2D eigenvalue weighted by molar-refractivity contribution is 6.34. The fourth-order valence-corrected chi connectivity index (χ4v) is 2.75. The summed E-state index contributed by atoms with van der Waals surface area (Å²) in [6.45, 7) is 0.131. The molecule has 0 spiro atoms. The lowest BCUT2D eigenvalue weighted by Gasteiger charge is -2.47. The molecule has 88 valence electrons. The van der Waals surface area contributed by atoms with E-state index in [4.69, 9.17) is 28.9 Å². The molecule has 1 fully saturated rings. The second kappa shape index (κ2) is 3.79. The van der Waals surface area contributed by atoms with Crippen molar-refractivity contribution in [1.82, 2.24) is 4.98 Å². The van der Waals surface area contributed by atoms with Crippen molar-refractivity contribution in [3.63, 3.8) is 0 Å². The van der Waals surface area contributed by atoms with Gasteiger partial charge in [-0.2, -0.15) is 0 Å². The van der Waals surface area contributed by atoms with Gasteiger partial charge in [-0.15, -0.1) is 0 Å². The number of rotatable bonds is 2. The van der Waals surface area contributed by atoms with E-state index in [-0.39, 0.29) is 24.5 Å². The van der Waals surface area contributed by atoms with Gasteiger partial charge in [-0.05, 0) is 11.6 Å². The zero-order valence-electron chi connectivity index (χ0n) is 8.31. The molecule has 1 saturated carbocycles. The molecule has 2 rings (SSSR count). The summed E-state index contributed by atoms with van der Waals surface area (Å²) in [5.74, 6) is -2.65. The molecule has 0 amide bonds. The van der Waals surface area contributed by atoms with Crippen molar-refractivity contribution in [2.75, 3.05) is 6.54 Å². The van der Waals surface area contributed by atoms with Gasteiger partial charge in [0, 0.05) is 36.0 Å². The quantitative estimate of drug-likeness (QED) is 0.836. The van der Waals surface area contributed by atoms with E-state index in [1.165, 1.54) is 12.3 Å². The molecule has 1 heterocycles. The minimum atomic E-state index is -2.65. The van der Waals surface area contributed by atoms with Crippen LogP contribution >= 0.6 is 23.2 Å². The minimum Gasteiger partial charge on any atom is -0.330 e. The standard InChI is InChI=1S/C10H10Cl2F2N2/c11-7-1-8(12)16-2-6(7)9(5-15)3-10(13,14)4-9/h1-2H,3-5,15H2. The average Bonchev–Trinajstić information content (AvgIpc) is 2.13. The summed E-state index contributed by atoms with van der Waals surface area (Å²) >= 11 is 11.6. The van der Waals surface area contributed by atoms with E-state index in [0.717, 1.165) is 0 Å². The van der Waals surface area contributed by atoms with Gasteiger partial charge in [-0.1, -0.05) is 23.2 Å². The number of hydrogen-bond acceptors (Lipinski definition) is 2. The molecule has 0 aliphatic heterocycles. The first-order chi connectivity index (χ1) is 7.38. The van der Waals surface area contributed by atoms with Crippen molar-refractivity contribution in [2.24, 2.45) is 5.73 Å². The van der Waals surface area contributed by atoms with Crippen molar-refractivity contribution < 1.29 is 8.78 Å². The Balaban J connectivity index is 2.36. The Kier molecular flexibility index (Phi) is 2.85. The summed E-state index contributed by atoms with van der Waals surface area (Å²) in [6.07, 6.45) is 0.881. The molecule has 2 N–H and O–H groups in total. The molecule has 6 heteroatoms. The highest BCUT2D eigenvalue weighted by Crippen LogP contribution is 2.54. The van der Waals surface area contributed by atoms with Crippen LogP contribution in [0.3, 0.4) is 0 Å². The molecule has 16 heavy (non-hydrogen) atoms.